The first-order valence-electron chi connectivity index (χ1n) is 12.4. The van der Waals surface area contributed by atoms with Crippen LogP contribution in [0.25, 0.3) is 0 Å². The van der Waals surface area contributed by atoms with Crippen molar-refractivity contribution in [2.24, 2.45) is 0 Å². The van der Waals surface area contributed by atoms with Gasteiger partial charge in [0, 0.05) is 12.1 Å². The molecule has 9 heteroatoms. The molecule has 8 nitrogen and oxygen atoms in total. The summed E-state index contributed by atoms with van der Waals surface area (Å²) in [6, 6.07) is 22.0. The summed E-state index contributed by atoms with van der Waals surface area (Å²) in [7, 11) is -3.57. The molecule has 2 atom stereocenters. The summed E-state index contributed by atoms with van der Waals surface area (Å²) >= 11 is 0. The lowest BCUT2D eigenvalue weighted by molar-refractivity contribution is -0.138. The maximum Gasteiger partial charge on any atom is 0.310 e. The maximum absolute atomic E-state index is 12.0. The van der Waals surface area contributed by atoms with E-state index < -0.39 is 33.6 Å². The summed E-state index contributed by atoms with van der Waals surface area (Å²) in [5, 5.41) is 23.6. The number of ether oxygens (including phenoxy) is 1. The Kier molecular flexibility index (Phi) is 9.54. The van der Waals surface area contributed by atoms with E-state index in [-0.39, 0.29) is 18.8 Å². The summed E-state index contributed by atoms with van der Waals surface area (Å²) < 4.78 is 32.3. The minimum Gasteiger partial charge on any atom is -0.487 e. The molecule has 0 bridgehead atoms. The lowest BCUT2D eigenvalue weighted by atomic mass is 9.91. The molecule has 38 heavy (non-hydrogen) atoms. The lowest BCUT2D eigenvalue weighted by Crippen LogP contribution is -2.43. The van der Waals surface area contributed by atoms with E-state index in [1.165, 1.54) is 0 Å². The number of carboxylic acid groups (broad SMARTS) is 1. The van der Waals surface area contributed by atoms with E-state index in [1.807, 2.05) is 68.4 Å². The van der Waals surface area contributed by atoms with E-state index in [1.54, 1.807) is 25.1 Å². The highest BCUT2D eigenvalue weighted by molar-refractivity contribution is 7.92. The molecule has 0 radical (unpaired) electrons. The van der Waals surface area contributed by atoms with Gasteiger partial charge in [-0.2, -0.15) is 0 Å². The van der Waals surface area contributed by atoms with Crippen molar-refractivity contribution in [2.45, 2.75) is 51.4 Å². The minimum absolute atomic E-state index is 0.223. The average Bonchev–Trinajstić information content (AvgIpc) is 2.85. The third-order valence-corrected chi connectivity index (χ3v) is 6.75. The number of carbonyl (C=O) groups is 1. The van der Waals surface area contributed by atoms with Crippen LogP contribution in [0.4, 0.5) is 5.69 Å². The standard InChI is InChI=1S/C29H36N2O6S/c1-20(28(33)34)23-12-8-11-22(15-23)17-29(2,3)30-18-26(32)24-13-14-27(25(16-24)31-38(4,35)36)37-19-21-9-6-5-7-10-21/h5-16,20,26,30-32H,17-19H2,1-4H3,(H,33,34)/t20?,26-/m1/s1. The molecule has 3 aromatic carbocycles. The fourth-order valence-electron chi connectivity index (χ4n) is 4.07. The highest BCUT2D eigenvalue weighted by Crippen LogP contribution is 2.30. The highest BCUT2D eigenvalue weighted by atomic mass is 32.2. The molecule has 0 saturated heterocycles. The van der Waals surface area contributed by atoms with Crippen molar-refractivity contribution in [1.82, 2.24) is 5.32 Å². The first-order chi connectivity index (χ1) is 17.8. The summed E-state index contributed by atoms with van der Waals surface area (Å²) in [4.78, 5) is 11.3. The van der Waals surface area contributed by atoms with Gasteiger partial charge in [-0.3, -0.25) is 9.52 Å². The molecule has 3 aromatic rings. The predicted molar refractivity (Wildman–Crippen MR) is 149 cm³/mol. The first-order valence-corrected chi connectivity index (χ1v) is 14.3. The number of anilines is 1. The number of aliphatic carboxylic acids is 1. The van der Waals surface area contributed by atoms with E-state index in [4.69, 9.17) is 4.74 Å². The summed E-state index contributed by atoms with van der Waals surface area (Å²) in [5.74, 6) is -1.11. The number of aliphatic hydroxyl groups is 1. The number of hydrogen-bond donors (Lipinski definition) is 4. The van der Waals surface area contributed by atoms with Gasteiger partial charge in [-0.15, -0.1) is 0 Å². The Hall–Kier alpha value is -3.40. The van der Waals surface area contributed by atoms with Gasteiger partial charge in [0.1, 0.15) is 12.4 Å². The molecule has 0 aromatic heterocycles. The molecule has 0 saturated carbocycles. The van der Waals surface area contributed by atoms with Crippen LogP contribution >= 0.6 is 0 Å². The van der Waals surface area contributed by atoms with Gasteiger partial charge >= 0.3 is 5.97 Å². The van der Waals surface area contributed by atoms with Crippen LogP contribution < -0.4 is 14.8 Å². The molecule has 0 fully saturated rings. The van der Waals surface area contributed by atoms with Crippen molar-refractivity contribution >= 4 is 21.7 Å². The summed E-state index contributed by atoms with van der Waals surface area (Å²) in [6.45, 7) is 6.16. The first kappa shape index (κ1) is 29.2. The zero-order chi connectivity index (χ0) is 27.9. The van der Waals surface area contributed by atoms with Crippen molar-refractivity contribution in [3.8, 4) is 5.75 Å². The maximum atomic E-state index is 12.0. The van der Waals surface area contributed by atoms with E-state index in [9.17, 15) is 23.4 Å². The Labute approximate surface area is 224 Å². The van der Waals surface area contributed by atoms with Gasteiger partial charge in [0.15, 0.2) is 0 Å². The Bertz CT molecular complexity index is 1340. The van der Waals surface area contributed by atoms with Crippen molar-refractivity contribution < 1.29 is 28.2 Å². The lowest BCUT2D eigenvalue weighted by Gasteiger charge is -2.28. The monoisotopic (exact) mass is 540 g/mol. The van der Waals surface area contributed by atoms with Gasteiger partial charge in [0.2, 0.25) is 10.0 Å². The van der Waals surface area contributed by atoms with Crippen molar-refractivity contribution in [1.29, 1.82) is 0 Å². The third-order valence-electron chi connectivity index (χ3n) is 6.16. The van der Waals surface area contributed by atoms with Gasteiger partial charge in [0.05, 0.1) is 24.0 Å². The number of β-amino-alcohol motifs (C(OH)–C–C–N with tert-alkyl or cyclic N) is 1. The second kappa shape index (κ2) is 12.4. The van der Waals surface area contributed by atoms with Gasteiger partial charge < -0.3 is 20.3 Å². The Morgan fingerprint density at radius 3 is 2.32 bits per heavy atom. The molecule has 0 aliphatic rings. The molecule has 4 N–H and O–H groups in total. The molecule has 0 aliphatic heterocycles. The third kappa shape index (κ3) is 8.86. The molecule has 0 amide bonds. The number of hydrogen-bond acceptors (Lipinski definition) is 6. The van der Waals surface area contributed by atoms with Crippen LogP contribution in [-0.4, -0.2) is 42.9 Å². The normalized spacial score (nSPS) is 13.5. The molecular weight excluding hydrogens is 504 g/mol. The van der Waals surface area contributed by atoms with Crippen molar-refractivity contribution in [3.63, 3.8) is 0 Å². The van der Waals surface area contributed by atoms with Crippen LogP contribution in [0.2, 0.25) is 0 Å². The van der Waals surface area contributed by atoms with Crippen molar-refractivity contribution in [2.75, 3.05) is 17.5 Å². The SMILES string of the molecule is CC(C(=O)O)c1cccc(CC(C)(C)NC[C@@H](O)c2ccc(OCc3ccccc3)c(NS(C)(=O)=O)c2)c1. The molecule has 0 aliphatic carbocycles. The molecule has 1 unspecified atom stereocenters. The van der Waals surface area contributed by atoms with E-state index in [0.29, 0.717) is 17.7 Å². The number of rotatable bonds is 13. The Balaban J connectivity index is 1.69. The number of carboxylic acids is 1. The van der Waals surface area contributed by atoms with Crippen LogP contribution in [-0.2, 0) is 27.8 Å². The van der Waals surface area contributed by atoms with Crippen LogP contribution in [0.3, 0.4) is 0 Å². The Morgan fingerprint density at radius 1 is 0.974 bits per heavy atom. The van der Waals surface area contributed by atoms with Gasteiger partial charge in [-0.1, -0.05) is 60.7 Å². The Morgan fingerprint density at radius 2 is 1.66 bits per heavy atom. The minimum atomic E-state index is -3.57. The number of sulfonamides is 1. The number of aliphatic hydroxyl groups excluding tert-OH is 1. The smallest absolute Gasteiger partial charge is 0.310 e. The summed E-state index contributed by atoms with van der Waals surface area (Å²) in [5.41, 5.74) is 3.05. The molecule has 0 heterocycles. The fourth-order valence-corrected chi connectivity index (χ4v) is 4.63. The average molecular weight is 541 g/mol. The van der Waals surface area contributed by atoms with Crippen LogP contribution in [0.1, 0.15) is 55.0 Å². The number of nitrogens with one attached hydrogen (secondary N) is 2. The largest absolute Gasteiger partial charge is 0.487 e. The van der Waals surface area contributed by atoms with E-state index >= 15 is 0 Å². The van der Waals surface area contributed by atoms with Crippen LogP contribution in [0.5, 0.6) is 5.75 Å². The molecule has 0 spiro atoms. The van der Waals surface area contributed by atoms with E-state index in [0.717, 1.165) is 22.9 Å². The molecular formula is C29H36N2O6S. The van der Waals surface area contributed by atoms with Crippen molar-refractivity contribution in [3.05, 3.63) is 95.1 Å². The van der Waals surface area contributed by atoms with Crippen LogP contribution in [0, 0.1) is 0 Å². The van der Waals surface area contributed by atoms with Gasteiger partial charge in [-0.25, -0.2) is 8.42 Å². The zero-order valence-electron chi connectivity index (χ0n) is 22.1. The van der Waals surface area contributed by atoms with Crippen LogP contribution in [0.15, 0.2) is 72.8 Å². The molecule has 204 valence electrons. The summed E-state index contributed by atoms with van der Waals surface area (Å²) in [6.07, 6.45) is 0.774. The molecule has 3 rings (SSSR count). The predicted octanol–water partition coefficient (Wildman–Crippen LogP) is 4.47. The highest BCUT2D eigenvalue weighted by Gasteiger charge is 2.22. The van der Waals surface area contributed by atoms with Gasteiger partial charge in [0.25, 0.3) is 0 Å². The zero-order valence-corrected chi connectivity index (χ0v) is 23.0. The number of benzene rings is 3. The quantitative estimate of drug-likeness (QED) is 0.252. The topological polar surface area (TPSA) is 125 Å². The van der Waals surface area contributed by atoms with Gasteiger partial charge in [-0.05, 0) is 61.6 Å². The van der Waals surface area contributed by atoms with E-state index in [2.05, 4.69) is 10.0 Å². The fraction of sp³-hybridized carbons (Fsp3) is 0.345. The second-order valence-corrected chi connectivity index (χ2v) is 11.9. The second-order valence-electron chi connectivity index (χ2n) is 10.2.